The van der Waals surface area contributed by atoms with Gasteiger partial charge in [-0.25, -0.2) is 4.79 Å². The molecule has 1 saturated carbocycles. The molecule has 0 aromatic heterocycles. The van der Waals surface area contributed by atoms with Crippen LogP contribution in [0.4, 0.5) is 5.69 Å². The van der Waals surface area contributed by atoms with Crippen LogP contribution in [-0.4, -0.2) is 24.2 Å². The van der Waals surface area contributed by atoms with E-state index >= 15 is 0 Å². The third-order valence-electron chi connectivity index (χ3n) is 4.18. The first-order valence-electron chi connectivity index (χ1n) is 6.27. The van der Waals surface area contributed by atoms with Crippen molar-refractivity contribution in [2.75, 3.05) is 18.0 Å². The predicted octanol–water partition coefficient (Wildman–Crippen LogP) is 2.77. The average molecular weight is 231 g/mol. The summed E-state index contributed by atoms with van der Waals surface area (Å²) in [7, 11) is 0. The second-order valence-electron chi connectivity index (χ2n) is 5.42. The van der Waals surface area contributed by atoms with Gasteiger partial charge in [0.1, 0.15) is 0 Å². The maximum absolute atomic E-state index is 10.9. The maximum Gasteiger partial charge on any atom is 0.335 e. The minimum atomic E-state index is -0.844. The van der Waals surface area contributed by atoms with E-state index in [-0.39, 0.29) is 0 Å². The first kappa shape index (κ1) is 10.6. The summed E-state index contributed by atoms with van der Waals surface area (Å²) in [4.78, 5) is 13.2. The van der Waals surface area contributed by atoms with Crippen LogP contribution in [0.1, 0.15) is 36.0 Å². The van der Waals surface area contributed by atoms with Crippen LogP contribution in [0, 0.1) is 5.41 Å². The molecule has 1 aromatic carbocycles. The van der Waals surface area contributed by atoms with Gasteiger partial charge in [-0.2, -0.15) is 0 Å². The highest BCUT2D eigenvalue weighted by Gasteiger charge is 2.44. The van der Waals surface area contributed by atoms with Gasteiger partial charge in [0.25, 0.3) is 0 Å². The fraction of sp³-hybridized carbons (Fsp3) is 0.500. The first-order valence-corrected chi connectivity index (χ1v) is 6.27. The maximum atomic E-state index is 10.9. The van der Waals surface area contributed by atoms with E-state index in [1.54, 1.807) is 12.1 Å². The van der Waals surface area contributed by atoms with Crippen molar-refractivity contribution >= 4 is 11.7 Å². The van der Waals surface area contributed by atoms with Gasteiger partial charge in [-0.15, -0.1) is 0 Å². The van der Waals surface area contributed by atoms with Gasteiger partial charge in [0.15, 0.2) is 0 Å². The Hall–Kier alpha value is -1.51. The summed E-state index contributed by atoms with van der Waals surface area (Å²) in [5, 5.41) is 8.97. The fourth-order valence-electron chi connectivity index (χ4n) is 3.22. The molecule has 17 heavy (non-hydrogen) atoms. The van der Waals surface area contributed by atoms with Crippen LogP contribution in [0.25, 0.3) is 0 Å². The summed E-state index contributed by atoms with van der Waals surface area (Å²) >= 11 is 0. The number of nitrogens with zero attached hydrogens (tertiary/aromatic N) is 1. The smallest absolute Gasteiger partial charge is 0.335 e. The van der Waals surface area contributed by atoms with Crippen LogP contribution in [-0.2, 0) is 0 Å². The topological polar surface area (TPSA) is 40.5 Å². The predicted molar refractivity (Wildman–Crippen MR) is 66.5 cm³/mol. The molecule has 90 valence electrons. The molecule has 1 spiro atoms. The molecule has 0 bridgehead atoms. The van der Waals surface area contributed by atoms with Gasteiger partial charge in [0, 0.05) is 24.2 Å². The van der Waals surface area contributed by atoms with Crippen molar-refractivity contribution in [1.29, 1.82) is 0 Å². The van der Waals surface area contributed by atoms with Gasteiger partial charge in [-0.1, -0.05) is 18.9 Å². The molecule has 3 rings (SSSR count). The lowest BCUT2D eigenvalue weighted by Crippen LogP contribution is -2.55. The van der Waals surface area contributed by atoms with Crippen LogP contribution >= 0.6 is 0 Å². The number of anilines is 1. The van der Waals surface area contributed by atoms with E-state index in [1.807, 2.05) is 12.1 Å². The standard InChI is InChI=1S/C14H17NO2/c16-13(17)11-4-3-5-12(8-11)15-9-14(10-15)6-1-2-7-14/h3-5,8H,1-2,6-7,9-10H2,(H,16,17). The lowest BCUT2D eigenvalue weighted by Gasteiger charge is -2.49. The molecule has 3 nitrogen and oxygen atoms in total. The number of benzene rings is 1. The molecule has 1 N–H and O–H groups in total. The molecule has 2 fully saturated rings. The van der Waals surface area contributed by atoms with Crippen LogP contribution < -0.4 is 4.90 Å². The van der Waals surface area contributed by atoms with Crippen molar-refractivity contribution in [3.05, 3.63) is 29.8 Å². The number of carbonyl (C=O) groups is 1. The first-order chi connectivity index (χ1) is 8.19. The molecular formula is C14H17NO2. The van der Waals surface area contributed by atoms with Crippen LogP contribution in [0.15, 0.2) is 24.3 Å². The molecular weight excluding hydrogens is 214 g/mol. The van der Waals surface area contributed by atoms with Gasteiger partial charge in [0.05, 0.1) is 5.56 Å². The number of rotatable bonds is 2. The van der Waals surface area contributed by atoms with Crippen molar-refractivity contribution < 1.29 is 9.90 Å². The Kier molecular flexibility index (Phi) is 2.35. The number of hydrogen-bond acceptors (Lipinski definition) is 2. The number of carboxylic acids is 1. The van der Waals surface area contributed by atoms with Gasteiger partial charge in [0.2, 0.25) is 0 Å². The average Bonchev–Trinajstić information content (AvgIpc) is 2.76. The zero-order valence-electron chi connectivity index (χ0n) is 9.85. The Morgan fingerprint density at radius 1 is 1.24 bits per heavy atom. The van der Waals surface area contributed by atoms with Gasteiger partial charge < -0.3 is 10.0 Å². The zero-order chi connectivity index (χ0) is 11.9. The quantitative estimate of drug-likeness (QED) is 0.850. The van der Waals surface area contributed by atoms with Crippen molar-refractivity contribution in [1.82, 2.24) is 0 Å². The summed E-state index contributed by atoms with van der Waals surface area (Å²) in [6.45, 7) is 2.21. The molecule has 1 saturated heterocycles. The molecule has 2 aliphatic rings. The Bertz CT molecular complexity index is 441. The summed E-state index contributed by atoms with van der Waals surface area (Å²) < 4.78 is 0. The van der Waals surface area contributed by atoms with Crippen molar-refractivity contribution in [3.63, 3.8) is 0 Å². The van der Waals surface area contributed by atoms with Crippen LogP contribution in [0.5, 0.6) is 0 Å². The highest BCUT2D eigenvalue weighted by atomic mass is 16.4. The Balaban J connectivity index is 1.74. The van der Waals surface area contributed by atoms with E-state index in [0.717, 1.165) is 18.8 Å². The number of aromatic carboxylic acids is 1. The van der Waals surface area contributed by atoms with Crippen molar-refractivity contribution in [2.45, 2.75) is 25.7 Å². The highest BCUT2D eigenvalue weighted by Crippen LogP contribution is 2.46. The zero-order valence-corrected chi connectivity index (χ0v) is 9.85. The van der Waals surface area contributed by atoms with Crippen LogP contribution in [0.2, 0.25) is 0 Å². The van der Waals surface area contributed by atoms with E-state index in [9.17, 15) is 4.79 Å². The van der Waals surface area contributed by atoms with Gasteiger partial charge >= 0.3 is 5.97 Å². The Morgan fingerprint density at radius 3 is 2.59 bits per heavy atom. The molecule has 0 radical (unpaired) electrons. The molecule has 0 atom stereocenters. The lowest BCUT2D eigenvalue weighted by atomic mass is 9.78. The van der Waals surface area contributed by atoms with E-state index in [2.05, 4.69) is 4.90 Å². The summed E-state index contributed by atoms with van der Waals surface area (Å²) in [6, 6.07) is 7.27. The minimum Gasteiger partial charge on any atom is -0.478 e. The summed E-state index contributed by atoms with van der Waals surface area (Å²) in [5.41, 5.74) is 2.00. The molecule has 0 unspecified atom stereocenters. The molecule has 1 aromatic rings. The largest absolute Gasteiger partial charge is 0.478 e. The van der Waals surface area contributed by atoms with E-state index in [0.29, 0.717) is 11.0 Å². The molecule has 3 heteroatoms. The van der Waals surface area contributed by atoms with Crippen molar-refractivity contribution in [3.8, 4) is 0 Å². The van der Waals surface area contributed by atoms with Crippen LogP contribution in [0.3, 0.4) is 0 Å². The summed E-state index contributed by atoms with van der Waals surface area (Å²) in [5.74, 6) is -0.844. The normalized spacial score (nSPS) is 21.5. The third kappa shape index (κ3) is 1.79. The molecule has 1 aliphatic heterocycles. The second kappa shape index (κ2) is 3.76. The molecule has 0 amide bonds. The SMILES string of the molecule is O=C(O)c1cccc(N2CC3(CCCC3)C2)c1. The lowest BCUT2D eigenvalue weighted by molar-refractivity contribution is 0.0697. The van der Waals surface area contributed by atoms with E-state index < -0.39 is 5.97 Å². The Labute approximate surface area is 101 Å². The number of carboxylic acid groups (broad SMARTS) is 1. The van der Waals surface area contributed by atoms with Crippen molar-refractivity contribution in [2.24, 2.45) is 5.41 Å². The van der Waals surface area contributed by atoms with E-state index in [4.69, 9.17) is 5.11 Å². The van der Waals surface area contributed by atoms with Gasteiger partial charge in [-0.05, 0) is 31.0 Å². The van der Waals surface area contributed by atoms with E-state index in [1.165, 1.54) is 25.7 Å². The summed E-state index contributed by atoms with van der Waals surface area (Å²) in [6.07, 6.45) is 5.43. The Morgan fingerprint density at radius 2 is 1.94 bits per heavy atom. The molecule has 1 heterocycles. The molecule has 1 aliphatic carbocycles. The minimum absolute atomic E-state index is 0.384. The second-order valence-corrected chi connectivity index (χ2v) is 5.42. The van der Waals surface area contributed by atoms with Gasteiger partial charge in [-0.3, -0.25) is 0 Å². The monoisotopic (exact) mass is 231 g/mol. The third-order valence-corrected chi connectivity index (χ3v) is 4.18. The number of hydrogen-bond donors (Lipinski definition) is 1. The fourth-order valence-corrected chi connectivity index (χ4v) is 3.22. The highest BCUT2D eigenvalue weighted by molar-refractivity contribution is 5.88.